The van der Waals surface area contributed by atoms with Crippen LogP contribution in [0.25, 0.3) is 0 Å². The third-order valence-corrected chi connectivity index (χ3v) is 3.80. The molecule has 0 aliphatic heterocycles. The molecule has 0 unspecified atom stereocenters. The van der Waals surface area contributed by atoms with E-state index in [2.05, 4.69) is 5.32 Å². The highest BCUT2D eigenvalue weighted by atomic mass is 16.5. The van der Waals surface area contributed by atoms with Crippen molar-refractivity contribution in [1.29, 1.82) is 0 Å². The Kier molecular flexibility index (Phi) is 4.94. The number of nitrogens with one attached hydrogen (secondary N) is 1. The molecule has 0 atom stereocenters. The molecule has 0 spiro atoms. The number of hydrogen-bond donors (Lipinski definition) is 1. The van der Waals surface area contributed by atoms with Crippen molar-refractivity contribution in [3.63, 3.8) is 0 Å². The molecular weight excluding hydrogens is 186 g/mol. The molecule has 0 heterocycles. The van der Waals surface area contributed by atoms with Crippen molar-refractivity contribution in [2.24, 2.45) is 0 Å². The average Bonchev–Trinajstić information content (AvgIpc) is 2.43. The van der Waals surface area contributed by atoms with Gasteiger partial charge in [0.25, 0.3) is 0 Å². The first-order chi connectivity index (χ1) is 7.45. The van der Waals surface area contributed by atoms with E-state index in [9.17, 15) is 0 Å². The first-order valence-corrected chi connectivity index (χ1v) is 6.80. The molecule has 0 saturated heterocycles. The molecular formula is C13H25NO. The summed E-state index contributed by atoms with van der Waals surface area (Å²) in [6, 6.07) is 0.775. The van der Waals surface area contributed by atoms with Crippen molar-refractivity contribution in [3.05, 3.63) is 0 Å². The molecule has 2 saturated carbocycles. The first kappa shape index (κ1) is 11.4. The maximum Gasteiger partial charge on any atom is 0.0594 e. The molecule has 88 valence electrons. The van der Waals surface area contributed by atoms with Gasteiger partial charge < -0.3 is 10.1 Å². The van der Waals surface area contributed by atoms with Crippen LogP contribution < -0.4 is 5.32 Å². The van der Waals surface area contributed by atoms with Crippen LogP contribution in [0.4, 0.5) is 0 Å². The maximum atomic E-state index is 5.74. The molecule has 0 amide bonds. The zero-order valence-corrected chi connectivity index (χ0v) is 9.84. The van der Waals surface area contributed by atoms with Crippen LogP contribution in [0.2, 0.25) is 0 Å². The molecule has 2 aliphatic rings. The van der Waals surface area contributed by atoms with Crippen molar-refractivity contribution in [1.82, 2.24) is 5.32 Å². The topological polar surface area (TPSA) is 21.3 Å². The van der Waals surface area contributed by atoms with Crippen LogP contribution in [0.3, 0.4) is 0 Å². The Bertz CT molecular complexity index is 160. The van der Waals surface area contributed by atoms with E-state index >= 15 is 0 Å². The normalized spacial score (nSPS) is 24.8. The predicted molar refractivity (Wildman–Crippen MR) is 63.1 cm³/mol. The monoisotopic (exact) mass is 211 g/mol. The highest BCUT2D eigenvalue weighted by molar-refractivity contribution is 4.72. The van der Waals surface area contributed by atoms with Crippen molar-refractivity contribution < 1.29 is 4.74 Å². The van der Waals surface area contributed by atoms with Crippen LogP contribution >= 0.6 is 0 Å². The van der Waals surface area contributed by atoms with Gasteiger partial charge in [0.05, 0.1) is 12.7 Å². The Morgan fingerprint density at radius 2 is 1.60 bits per heavy atom. The minimum Gasteiger partial charge on any atom is -0.377 e. The fourth-order valence-electron chi connectivity index (χ4n) is 2.51. The van der Waals surface area contributed by atoms with E-state index in [1.807, 2.05) is 0 Å². The van der Waals surface area contributed by atoms with Crippen LogP contribution in [0.15, 0.2) is 0 Å². The Labute approximate surface area is 93.8 Å². The zero-order chi connectivity index (χ0) is 10.3. The molecule has 0 aromatic carbocycles. The zero-order valence-electron chi connectivity index (χ0n) is 9.84. The molecule has 2 aliphatic carbocycles. The van der Waals surface area contributed by atoms with Gasteiger partial charge in [-0.25, -0.2) is 0 Å². The van der Waals surface area contributed by atoms with Crippen LogP contribution in [0.1, 0.15) is 57.8 Å². The Morgan fingerprint density at radius 1 is 0.867 bits per heavy atom. The van der Waals surface area contributed by atoms with Crippen molar-refractivity contribution >= 4 is 0 Å². The van der Waals surface area contributed by atoms with Gasteiger partial charge in [-0.3, -0.25) is 0 Å². The third-order valence-electron chi connectivity index (χ3n) is 3.80. The number of hydrogen-bond acceptors (Lipinski definition) is 2. The quantitative estimate of drug-likeness (QED) is 0.558. The molecule has 2 fully saturated rings. The van der Waals surface area contributed by atoms with Gasteiger partial charge in [0.15, 0.2) is 0 Å². The smallest absolute Gasteiger partial charge is 0.0594 e. The molecule has 2 rings (SSSR count). The summed E-state index contributed by atoms with van der Waals surface area (Å²) >= 11 is 0. The molecule has 2 heteroatoms. The maximum absolute atomic E-state index is 5.74. The number of rotatable bonds is 5. The first-order valence-electron chi connectivity index (χ1n) is 6.80. The molecule has 1 N–H and O–H groups in total. The van der Waals surface area contributed by atoms with E-state index in [0.29, 0.717) is 6.10 Å². The second-order valence-corrected chi connectivity index (χ2v) is 5.07. The average molecular weight is 211 g/mol. The summed E-state index contributed by atoms with van der Waals surface area (Å²) in [6.07, 6.45) is 13.0. The summed E-state index contributed by atoms with van der Waals surface area (Å²) in [7, 11) is 0. The van der Waals surface area contributed by atoms with Gasteiger partial charge in [-0.1, -0.05) is 25.7 Å². The fraction of sp³-hybridized carbons (Fsp3) is 1.00. The summed E-state index contributed by atoms with van der Waals surface area (Å²) in [5.74, 6) is 0. The lowest BCUT2D eigenvalue weighted by molar-refractivity contribution is 0.00338. The van der Waals surface area contributed by atoms with Crippen molar-refractivity contribution in [2.45, 2.75) is 69.9 Å². The summed E-state index contributed by atoms with van der Waals surface area (Å²) < 4.78 is 5.74. The lowest BCUT2D eigenvalue weighted by Gasteiger charge is -2.26. The number of ether oxygens (including phenoxy) is 1. The van der Waals surface area contributed by atoms with Gasteiger partial charge in [0.2, 0.25) is 0 Å². The predicted octanol–water partition coefficient (Wildman–Crippen LogP) is 2.87. The van der Waals surface area contributed by atoms with Gasteiger partial charge in [-0.15, -0.1) is 0 Å². The van der Waals surface area contributed by atoms with Crippen LogP contribution in [0.5, 0.6) is 0 Å². The van der Waals surface area contributed by atoms with E-state index in [-0.39, 0.29) is 0 Å². The minimum absolute atomic E-state index is 0.598. The highest BCUT2D eigenvalue weighted by Gasteiger charge is 2.17. The summed E-state index contributed by atoms with van der Waals surface area (Å²) in [6.45, 7) is 1.97. The molecule has 15 heavy (non-hydrogen) atoms. The van der Waals surface area contributed by atoms with E-state index < -0.39 is 0 Å². The lowest BCUT2D eigenvalue weighted by atomic mass is 9.96. The Balaban J connectivity index is 1.48. The molecule has 0 radical (unpaired) electrons. The van der Waals surface area contributed by atoms with Gasteiger partial charge in [-0.2, -0.15) is 0 Å². The minimum atomic E-state index is 0.598. The van der Waals surface area contributed by atoms with Crippen molar-refractivity contribution in [2.75, 3.05) is 13.2 Å². The van der Waals surface area contributed by atoms with Crippen LogP contribution in [0, 0.1) is 0 Å². The molecule has 0 bridgehead atoms. The van der Waals surface area contributed by atoms with E-state index in [4.69, 9.17) is 4.74 Å². The van der Waals surface area contributed by atoms with Gasteiger partial charge in [0.1, 0.15) is 0 Å². The van der Waals surface area contributed by atoms with Crippen LogP contribution in [-0.4, -0.2) is 25.3 Å². The van der Waals surface area contributed by atoms with E-state index in [1.165, 1.54) is 57.8 Å². The SMILES string of the molecule is C1CCCC(NCCOC2CCC2)CC1. The van der Waals surface area contributed by atoms with Gasteiger partial charge in [0, 0.05) is 12.6 Å². The second kappa shape index (κ2) is 6.49. The molecule has 2 nitrogen and oxygen atoms in total. The summed E-state index contributed by atoms with van der Waals surface area (Å²) in [5.41, 5.74) is 0. The largest absolute Gasteiger partial charge is 0.377 e. The van der Waals surface area contributed by atoms with E-state index in [0.717, 1.165) is 19.2 Å². The lowest BCUT2D eigenvalue weighted by Crippen LogP contribution is -2.33. The van der Waals surface area contributed by atoms with Gasteiger partial charge in [-0.05, 0) is 32.1 Å². The Morgan fingerprint density at radius 3 is 2.20 bits per heavy atom. The van der Waals surface area contributed by atoms with E-state index in [1.54, 1.807) is 0 Å². The van der Waals surface area contributed by atoms with Crippen LogP contribution in [-0.2, 0) is 4.74 Å². The Hall–Kier alpha value is -0.0800. The van der Waals surface area contributed by atoms with Gasteiger partial charge >= 0.3 is 0 Å². The third kappa shape index (κ3) is 4.12. The van der Waals surface area contributed by atoms with Crippen molar-refractivity contribution in [3.8, 4) is 0 Å². The summed E-state index contributed by atoms with van der Waals surface area (Å²) in [5, 5.41) is 3.64. The summed E-state index contributed by atoms with van der Waals surface area (Å²) in [4.78, 5) is 0. The highest BCUT2D eigenvalue weighted by Crippen LogP contribution is 2.21. The molecule has 0 aromatic rings. The fourth-order valence-corrected chi connectivity index (χ4v) is 2.51. The molecule has 0 aromatic heterocycles. The standard InChI is InChI=1S/C13H25NO/c1-2-4-7-12(6-3-1)14-10-11-15-13-8-5-9-13/h12-14H,1-11H2. The second-order valence-electron chi connectivity index (χ2n) is 5.07.